The van der Waals surface area contributed by atoms with E-state index in [4.69, 9.17) is 4.98 Å². The summed E-state index contributed by atoms with van der Waals surface area (Å²) >= 11 is 0. The summed E-state index contributed by atoms with van der Waals surface area (Å²) in [5, 5.41) is 21.5. The van der Waals surface area contributed by atoms with Gasteiger partial charge in [0.25, 0.3) is 0 Å². The van der Waals surface area contributed by atoms with E-state index in [1.54, 1.807) is 12.4 Å². The van der Waals surface area contributed by atoms with Crippen LogP contribution in [0.5, 0.6) is 0 Å². The highest BCUT2D eigenvalue weighted by atomic mass is 19.4. The third-order valence-electron chi connectivity index (χ3n) is 11.4. The molecule has 7 rings (SSSR count). The Morgan fingerprint density at radius 3 is 2.06 bits per heavy atom. The van der Waals surface area contributed by atoms with Crippen LogP contribution in [0.2, 0.25) is 0 Å². The van der Waals surface area contributed by atoms with Gasteiger partial charge in [-0.15, -0.1) is 0 Å². The molecule has 0 bridgehead atoms. The van der Waals surface area contributed by atoms with E-state index in [1.807, 2.05) is 18.7 Å². The highest BCUT2D eigenvalue weighted by Crippen LogP contribution is 2.52. The molecule has 0 spiro atoms. The second-order valence-electron chi connectivity index (χ2n) is 15.7. The van der Waals surface area contributed by atoms with Crippen molar-refractivity contribution in [1.82, 2.24) is 15.0 Å². The van der Waals surface area contributed by atoms with Crippen molar-refractivity contribution in [3.63, 3.8) is 0 Å². The second kappa shape index (κ2) is 13.5. The van der Waals surface area contributed by atoms with Crippen LogP contribution < -0.4 is 9.80 Å². The number of benzene rings is 1. The number of nitrogens with zero attached hydrogens (tertiary/aromatic N) is 5. The SMILES string of the molecule is CC1(C)Cc2nc(C3CCN(c4ncc(N5CC[C@H](O)C5)cn4)CC3)c(C(F)c3ccc(C(F)(F)F)cc3)c(C3CCC(F)(F)CC3)c2[C@@H](O)C1. The number of alkyl halides is 6. The van der Waals surface area contributed by atoms with Crippen molar-refractivity contribution in [3.8, 4) is 0 Å². The highest BCUT2D eigenvalue weighted by molar-refractivity contribution is 5.52. The molecule has 3 fully saturated rings. The molecule has 13 heteroatoms. The van der Waals surface area contributed by atoms with Crippen molar-refractivity contribution in [2.45, 2.75) is 114 Å². The van der Waals surface area contributed by atoms with Gasteiger partial charge in [0.1, 0.15) is 0 Å². The van der Waals surface area contributed by atoms with E-state index >= 15 is 4.39 Å². The fourth-order valence-corrected chi connectivity index (χ4v) is 8.69. The number of hydrogen-bond acceptors (Lipinski definition) is 7. The van der Waals surface area contributed by atoms with Crippen LogP contribution in [0.1, 0.15) is 129 Å². The first kappa shape index (κ1) is 35.9. The van der Waals surface area contributed by atoms with Gasteiger partial charge in [-0.25, -0.2) is 23.1 Å². The smallest absolute Gasteiger partial charge is 0.391 e. The van der Waals surface area contributed by atoms with Gasteiger partial charge in [-0.2, -0.15) is 13.2 Å². The number of piperidine rings is 1. The zero-order valence-corrected chi connectivity index (χ0v) is 28.9. The van der Waals surface area contributed by atoms with Gasteiger partial charge in [0.2, 0.25) is 11.9 Å². The number of anilines is 2. The first-order valence-electron chi connectivity index (χ1n) is 18.0. The van der Waals surface area contributed by atoms with Gasteiger partial charge < -0.3 is 20.0 Å². The number of hydrogen-bond donors (Lipinski definition) is 2. The average Bonchev–Trinajstić information content (AvgIpc) is 3.52. The summed E-state index contributed by atoms with van der Waals surface area (Å²) in [6, 6.07) is 4.01. The lowest BCUT2D eigenvalue weighted by atomic mass is 9.68. The monoisotopic (exact) mass is 717 g/mol. The van der Waals surface area contributed by atoms with E-state index in [0.717, 1.165) is 36.5 Å². The highest BCUT2D eigenvalue weighted by Gasteiger charge is 2.44. The maximum absolute atomic E-state index is 17.3. The minimum atomic E-state index is -4.59. The number of halogens is 6. The molecule has 1 aromatic carbocycles. The summed E-state index contributed by atoms with van der Waals surface area (Å²) in [7, 11) is 0. The topological polar surface area (TPSA) is 85.6 Å². The molecule has 2 aromatic heterocycles. The van der Waals surface area contributed by atoms with Gasteiger partial charge in [0.05, 0.1) is 41.5 Å². The lowest BCUT2D eigenvalue weighted by Gasteiger charge is -2.41. The summed E-state index contributed by atoms with van der Waals surface area (Å²) in [5.74, 6) is -2.97. The number of aliphatic hydroxyl groups is 2. The van der Waals surface area contributed by atoms with Crippen molar-refractivity contribution >= 4 is 11.6 Å². The molecule has 51 heavy (non-hydrogen) atoms. The number of fused-ring (bicyclic) bond motifs is 1. The average molecular weight is 718 g/mol. The van der Waals surface area contributed by atoms with Gasteiger partial charge >= 0.3 is 6.18 Å². The molecule has 3 atom stereocenters. The number of aliphatic hydroxyl groups excluding tert-OH is 2. The molecule has 7 nitrogen and oxygen atoms in total. The Morgan fingerprint density at radius 2 is 1.47 bits per heavy atom. The van der Waals surface area contributed by atoms with Crippen molar-refractivity contribution < 1.29 is 36.6 Å². The summed E-state index contributed by atoms with van der Waals surface area (Å²) < 4.78 is 86.6. The van der Waals surface area contributed by atoms with Crippen molar-refractivity contribution in [2.75, 3.05) is 36.0 Å². The molecule has 0 radical (unpaired) electrons. The molecule has 2 N–H and O–H groups in total. The Labute approximate surface area is 294 Å². The van der Waals surface area contributed by atoms with Crippen molar-refractivity contribution in [3.05, 3.63) is 75.9 Å². The van der Waals surface area contributed by atoms with Crippen LogP contribution in [0.4, 0.5) is 38.0 Å². The summed E-state index contributed by atoms with van der Waals surface area (Å²) in [6.45, 7) is 6.41. The minimum absolute atomic E-state index is 0.0236. The van der Waals surface area contributed by atoms with Crippen LogP contribution in [0, 0.1) is 5.41 Å². The molecule has 2 saturated heterocycles. The third kappa shape index (κ3) is 7.42. The summed E-state index contributed by atoms with van der Waals surface area (Å²) in [6.07, 6.45) is -2.10. The fourth-order valence-electron chi connectivity index (χ4n) is 8.69. The van der Waals surface area contributed by atoms with Crippen LogP contribution in [0.3, 0.4) is 0 Å². The molecule has 0 amide bonds. The molecule has 276 valence electrons. The largest absolute Gasteiger partial charge is 0.416 e. The van der Waals surface area contributed by atoms with Gasteiger partial charge in [-0.3, -0.25) is 4.98 Å². The van der Waals surface area contributed by atoms with Crippen LogP contribution >= 0.6 is 0 Å². The Balaban J connectivity index is 1.26. The Morgan fingerprint density at radius 1 is 0.843 bits per heavy atom. The number of pyridine rings is 1. The number of aromatic nitrogens is 3. The molecule has 1 unspecified atom stereocenters. The lowest BCUT2D eigenvalue weighted by Crippen LogP contribution is -2.36. The molecule has 2 aliphatic heterocycles. The summed E-state index contributed by atoms with van der Waals surface area (Å²) in [5.41, 5.74) is 2.06. The van der Waals surface area contributed by atoms with Crippen molar-refractivity contribution in [2.24, 2.45) is 5.41 Å². The number of β-amino-alcohol motifs (C(OH)–C–C–N with tert-alkyl or cyclic N) is 1. The first-order chi connectivity index (χ1) is 24.1. The first-order valence-corrected chi connectivity index (χ1v) is 18.0. The van der Waals surface area contributed by atoms with Gasteiger partial charge in [0, 0.05) is 61.8 Å². The molecule has 2 aliphatic carbocycles. The molecule has 3 aromatic rings. The summed E-state index contributed by atoms with van der Waals surface area (Å²) in [4.78, 5) is 18.4. The van der Waals surface area contributed by atoms with Crippen LogP contribution in [0.15, 0.2) is 36.7 Å². The molecular weight excluding hydrogens is 672 g/mol. The zero-order chi connectivity index (χ0) is 36.3. The Bertz CT molecular complexity index is 1700. The van der Waals surface area contributed by atoms with E-state index in [9.17, 15) is 32.2 Å². The van der Waals surface area contributed by atoms with Crippen LogP contribution in [-0.4, -0.2) is 63.4 Å². The molecule has 4 heterocycles. The van der Waals surface area contributed by atoms with Gasteiger partial charge in [0.15, 0.2) is 6.17 Å². The third-order valence-corrected chi connectivity index (χ3v) is 11.4. The Kier molecular flexibility index (Phi) is 9.52. The minimum Gasteiger partial charge on any atom is -0.391 e. The molecule has 1 saturated carbocycles. The van der Waals surface area contributed by atoms with E-state index in [0.29, 0.717) is 80.2 Å². The van der Waals surface area contributed by atoms with E-state index in [2.05, 4.69) is 14.9 Å². The van der Waals surface area contributed by atoms with E-state index < -0.39 is 35.9 Å². The quantitative estimate of drug-likeness (QED) is 0.249. The van der Waals surface area contributed by atoms with Crippen LogP contribution in [-0.2, 0) is 12.6 Å². The predicted molar refractivity (Wildman–Crippen MR) is 181 cm³/mol. The Hall–Kier alpha value is -3.45. The van der Waals surface area contributed by atoms with Crippen molar-refractivity contribution in [1.29, 1.82) is 0 Å². The predicted octanol–water partition coefficient (Wildman–Crippen LogP) is 8.20. The van der Waals surface area contributed by atoms with Crippen LogP contribution in [0.25, 0.3) is 0 Å². The van der Waals surface area contributed by atoms with Gasteiger partial charge in [-0.05, 0) is 79.5 Å². The lowest BCUT2D eigenvalue weighted by molar-refractivity contribution is -0.137. The molecular formula is C38H45F6N5O2. The standard InChI is InChI=1S/C38H45F6N5O2/c1-36(2)17-28-31(29(51)18-36)30(22-7-12-37(40,41)13-8-22)32(33(39)23-3-5-25(6-4-23)38(42,43)44)34(47-28)24-9-14-48(15-10-24)35-45-19-26(20-46-35)49-16-11-27(50)21-49/h3-6,19-20,22,24,27,29,33,50-51H,7-18,21H2,1-2H3/t27-,29-,33?/m0/s1. The maximum atomic E-state index is 17.3. The second-order valence-corrected chi connectivity index (χ2v) is 15.7. The van der Waals surface area contributed by atoms with E-state index in [-0.39, 0.29) is 54.2 Å². The zero-order valence-electron chi connectivity index (χ0n) is 28.9. The van der Waals surface area contributed by atoms with E-state index in [1.165, 1.54) is 0 Å². The normalized spacial score (nSPS) is 24.8. The van der Waals surface area contributed by atoms with Gasteiger partial charge in [-0.1, -0.05) is 26.0 Å². The fraction of sp³-hybridized carbons (Fsp3) is 0.605. The maximum Gasteiger partial charge on any atom is 0.416 e. The number of rotatable bonds is 6. The molecule has 4 aliphatic rings.